The fourth-order valence-electron chi connectivity index (χ4n) is 4.17. The van der Waals surface area contributed by atoms with Crippen molar-refractivity contribution in [3.8, 4) is 0 Å². The van der Waals surface area contributed by atoms with Crippen molar-refractivity contribution in [2.24, 2.45) is 5.92 Å². The van der Waals surface area contributed by atoms with Crippen LogP contribution in [-0.4, -0.2) is 56.5 Å². The molecule has 3 fully saturated rings. The van der Waals surface area contributed by atoms with Crippen molar-refractivity contribution in [3.63, 3.8) is 0 Å². The summed E-state index contributed by atoms with van der Waals surface area (Å²) in [7, 11) is -2.88. The molecule has 4 atom stereocenters. The summed E-state index contributed by atoms with van der Waals surface area (Å²) in [5, 5.41) is 3.48. The van der Waals surface area contributed by atoms with Gasteiger partial charge in [0, 0.05) is 31.4 Å². The molecule has 3 aliphatic rings. The van der Waals surface area contributed by atoms with Gasteiger partial charge in [-0.25, -0.2) is 8.42 Å². The molecule has 3 rings (SSSR count). The average Bonchev–Trinajstić information content (AvgIpc) is 2.94. The first-order chi connectivity index (χ1) is 8.55. The molecule has 0 aromatic carbocycles. The second-order valence-corrected chi connectivity index (χ2v) is 8.55. The monoisotopic (exact) mass is 272 g/mol. The van der Waals surface area contributed by atoms with Gasteiger partial charge in [-0.3, -0.25) is 4.90 Å². The average molecular weight is 272 g/mol. The number of fused-ring (bicyclic) bond motifs is 1. The fraction of sp³-hybridized carbons (Fsp3) is 1.00. The van der Waals surface area contributed by atoms with E-state index in [2.05, 4.69) is 10.2 Å². The molecule has 2 saturated heterocycles. The normalized spacial score (nSPS) is 42.1. The Morgan fingerprint density at radius 2 is 1.94 bits per heavy atom. The zero-order chi connectivity index (χ0) is 12.8. The van der Waals surface area contributed by atoms with Crippen LogP contribution in [0.3, 0.4) is 0 Å². The largest absolute Gasteiger partial charge is 0.312 e. The van der Waals surface area contributed by atoms with E-state index in [0.29, 0.717) is 6.04 Å². The number of hydrogen-bond donors (Lipinski definition) is 1. The van der Waals surface area contributed by atoms with Crippen molar-refractivity contribution in [1.82, 2.24) is 10.2 Å². The van der Waals surface area contributed by atoms with Gasteiger partial charge in [-0.1, -0.05) is 6.42 Å². The summed E-state index contributed by atoms with van der Waals surface area (Å²) in [6.45, 7) is 3.30. The van der Waals surface area contributed by atoms with Crippen molar-refractivity contribution >= 4 is 9.84 Å². The third-order valence-electron chi connectivity index (χ3n) is 5.06. The number of rotatable bonds is 2. The summed E-state index contributed by atoms with van der Waals surface area (Å²) < 4.78 is 23.7. The van der Waals surface area contributed by atoms with Gasteiger partial charge in [0.15, 0.2) is 9.84 Å². The van der Waals surface area contributed by atoms with E-state index in [1.807, 2.05) is 0 Å². The van der Waals surface area contributed by atoms with Crippen LogP contribution < -0.4 is 5.32 Å². The van der Waals surface area contributed by atoms with Crippen LogP contribution in [-0.2, 0) is 9.84 Å². The molecule has 2 heterocycles. The predicted molar refractivity (Wildman–Crippen MR) is 72.4 cm³/mol. The highest BCUT2D eigenvalue weighted by Gasteiger charge is 2.43. The minimum Gasteiger partial charge on any atom is -0.312 e. The lowest BCUT2D eigenvalue weighted by molar-refractivity contribution is 0.237. The van der Waals surface area contributed by atoms with Gasteiger partial charge >= 0.3 is 0 Å². The lowest BCUT2D eigenvalue weighted by Gasteiger charge is -2.28. The summed E-state index contributed by atoms with van der Waals surface area (Å²) in [6.07, 6.45) is 7.00. The summed E-state index contributed by atoms with van der Waals surface area (Å²) >= 11 is 0. The molecule has 104 valence electrons. The highest BCUT2D eigenvalue weighted by atomic mass is 32.2. The molecule has 0 aromatic rings. The smallest absolute Gasteiger partial charge is 0.151 e. The predicted octanol–water partition coefficient (Wildman–Crippen LogP) is 0.636. The van der Waals surface area contributed by atoms with Gasteiger partial charge in [-0.2, -0.15) is 0 Å². The maximum Gasteiger partial charge on any atom is 0.151 e. The molecule has 4 nitrogen and oxygen atoms in total. The summed E-state index contributed by atoms with van der Waals surface area (Å²) in [6, 6.07) is 0.895. The van der Waals surface area contributed by atoms with Crippen LogP contribution in [0.1, 0.15) is 32.1 Å². The van der Waals surface area contributed by atoms with Crippen molar-refractivity contribution < 1.29 is 8.42 Å². The lowest BCUT2D eigenvalue weighted by atomic mass is 9.94. The minimum absolute atomic E-state index is 0.113. The maximum atomic E-state index is 11.9. The second-order valence-electron chi connectivity index (χ2n) is 6.28. The maximum absolute atomic E-state index is 11.9. The summed E-state index contributed by atoms with van der Waals surface area (Å²) in [5.74, 6) is 0.750. The number of nitrogens with zero attached hydrogens (tertiary/aromatic N) is 1. The number of nitrogens with one attached hydrogen (secondary N) is 1. The van der Waals surface area contributed by atoms with E-state index in [4.69, 9.17) is 0 Å². The number of piperidine rings is 1. The highest BCUT2D eigenvalue weighted by molar-refractivity contribution is 7.91. The molecule has 2 unspecified atom stereocenters. The Hall–Kier alpha value is -0.130. The van der Waals surface area contributed by atoms with Gasteiger partial charge < -0.3 is 5.32 Å². The molecule has 1 N–H and O–H groups in total. The first-order valence-electron chi connectivity index (χ1n) is 7.22. The Morgan fingerprint density at radius 3 is 2.67 bits per heavy atom. The molecular weight excluding hydrogens is 248 g/mol. The van der Waals surface area contributed by atoms with E-state index < -0.39 is 9.84 Å². The standard InChI is InChI=1S/C13H24N2O2S/c1-18(16,17)13-6-2-5-12(13)15-8-10-4-3-7-14-11(10)9-15/h10-14H,2-9H2,1H3/t10-,11+,12?,13?/m0/s1. The first kappa shape index (κ1) is 12.9. The molecule has 0 amide bonds. The van der Waals surface area contributed by atoms with Crippen LogP contribution in [0.2, 0.25) is 0 Å². The van der Waals surface area contributed by atoms with E-state index >= 15 is 0 Å². The zero-order valence-electron chi connectivity index (χ0n) is 11.1. The van der Waals surface area contributed by atoms with Crippen LogP contribution in [0.5, 0.6) is 0 Å². The van der Waals surface area contributed by atoms with Gasteiger partial charge in [0.1, 0.15) is 0 Å². The van der Waals surface area contributed by atoms with E-state index in [0.717, 1.165) is 44.8 Å². The Kier molecular flexibility index (Phi) is 3.41. The van der Waals surface area contributed by atoms with Crippen molar-refractivity contribution in [2.75, 3.05) is 25.9 Å². The molecule has 0 aromatic heterocycles. The minimum atomic E-state index is -2.88. The van der Waals surface area contributed by atoms with Crippen molar-refractivity contribution in [2.45, 2.75) is 49.4 Å². The van der Waals surface area contributed by atoms with Gasteiger partial charge in [-0.15, -0.1) is 0 Å². The molecule has 2 aliphatic heterocycles. The first-order valence-corrected chi connectivity index (χ1v) is 9.17. The fourth-order valence-corrected chi connectivity index (χ4v) is 5.65. The summed E-state index contributed by atoms with van der Waals surface area (Å²) in [5.41, 5.74) is 0. The van der Waals surface area contributed by atoms with Crippen LogP contribution >= 0.6 is 0 Å². The Morgan fingerprint density at radius 1 is 1.11 bits per heavy atom. The Bertz CT molecular complexity index is 395. The van der Waals surface area contributed by atoms with Gasteiger partial charge in [-0.05, 0) is 38.1 Å². The molecule has 18 heavy (non-hydrogen) atoms. The van der Waals surface area contributed by atoms with Crippen LogP contribution in [0.25, 0.3) is 0 Å². The highest BCUT2D eigenvalue weighted by Crippen LogP contribution is 2.34. The molecule has 1 saturated carbocycles. The van der Waals surface area contributed by atoms with Crippen molar-refractivity contribution in [3.05, 3.63) is 0 Å². The molecule has 5 heteroatoms. The van der Waals surface area contributed by atoms with E-state index in [1.54, 1.807) is 0 Å². The molecule has 1 aliphatic carbocycles. The third kappa shape index (κ3) is 2.32. The van der Waals surface area contributed by atoms with Crippen LogP contribution in [0.4, 0.5) is 0 Å². The number of likely N-dealkylation sites (tertiary alicyclic amines) is 1. The van der Waals surface area contributed by atoms with Gasteiger partial charge in [0.05, 0.1) is 5.25 Å². The molecule has 0 spiro atoms. The SMILES string of the molecule is CS(=O)(=O)C1CCCC1N1C[C@@H]2CCCN[C@@H]2C1. The zero-order valence-corrected chi connectivity index (χ0v) is 12.0. The second kappa shape index (κ2) is 4.76. The van der Waals surface area contributed by atoms with Crippen LogP contribution in [0, 0.1) is 5.92 Å². The van der Waals surface area contributed by atoms with Gasteiger partial charge in [0.25, 0.3) is 0 Å². The summed E-state index contributed by atoms with van der Waals surface area (Å²) in [4.78, 5) is 2.46. The van der Waals surface area contributed by atoms with Crippen LogP contribution in [0.15, 0.2) is 0 Å². The Balaban J connectivity index is 1.72. The van der Waals surface area contributed by atoms with E-state index in [-0.39, 0.29) is 11.3 Å². The van der Waals surface area contributed by atoms with Crippen molar-refractivity contribution in [1.29, 1.82) is 0 Å². The number of hydrogen-bond acceptors (Lipinski definition) is 4. The van der Waals surface area contributed by atoms with E-state index in [1.165, 1.54) is 19.1 Å². The lowest BCUT2D eigenvalue weighted by Crippen LogP contribution is -2.44. The third-order valence-corrected chi connectivity index (χ3v) is 6.71. The quantitative estimate of drug-likeness (QED) is 0.801. The molecule has 0 radical (unpaired) electrons. The Labute approximate surface area is 110 Å². The molecule has 0 bridgehead atoms. The van der Waals surface area contributed by atoms with Gasteiger partial charge in [0.2, 0.25) is 0 Å². The van der Waals surface area contributed by atoms with E-state index in [9.17, 15) is 8.42 Å². The molecular formula is C13H24N2O2S. The topological polar surface area (TPSA) is 49.4 Å². The number of sulfone groups is 1.